The van der Waals surface area contributed by atoms with Crippen LogP contribution in [0.2, 0.25) is 51.9 Å². The third-order valence-corrected chi connectivity index (χ3v) is 10.1. The van der Waals surface area contributed by atoms with Gasteiger partial charge in [0.05, 0.1) is 33.0 Å². The van der Waals surface area contributed by atoms with Gasteiger partial charge < -0.3 is 28.2 Å². The molecule has 0 aliphatic rings. The molecule has 6 nitrogen and oxygen atoms in total. The summed E-state index contributed by atoms with van der Waals surface area (Å²) >= 11 is 0. The predicted octanol–water partition coefficient (Wildman–Crippen LogP) is 4.65. The van der Waals surface area contributed by atoms with Crippen LogP contribution in [0.15, 0.2) is 12.7 Å². The minimum absolute atomic E-state index is 0. The van der Waals surface area contributed by atoms with E-state index in [1.54, 1.807) is 6.08 Å². The summed E-state index contributed by atoms with van der Waals surface area (Å²) in [6.45, 7) is 25.5. The SMILES string of the molecule is C.C=CCOCCO.CC(C)O[Si](C)(C)C.C[SiH](C)O[Si](C)(C)CCCOCCO. The van der Waals surface area contributed by atoms with Gasteiger partial charge in [0.2, 0.25) is 0 Å². The van der Waals surface area contributed by atoms with Crippen LogP contribution in [0.25, 0.3) is 0 Å². The molecule has 0 unspecified atom stereocenters. The lowest BCUT2D eigenvalue weighted by atomic mass is 10.5. The molecule has 186 valence electrons. The summed E-state index contributed by atoms with van der Waals surface area (Å²) in [5, 5.41) is 16.6. The van der Waals surface area contributed by atoms with Crippen LogP contribution in [0.1, 0.15) is 27.7 Å². The van der Waals surface area contributed by atoms with Gasteiger partial charge in [0.1, 0.15) is 0 Å². The summed E-state index contributed by atoms with van der Waals surface area (Å²) in [5.41, 5.74) is 0. The van der Waals surface area contributed by atoms with Crippen LogP contribution in [-0.2, 0) is 18.0 Å². The van der Waals surface area contributed by atoms with Crippen molar-refractivity contribution in [1.29, 1.82) is 0 Å². The van der Waals surface area contributed by atoms with Crippen LogP contribution in [0.4, 0.5) is 0 Å². The second-order valence-corrected chi connectivity index (χ2v) is 20.3. The van der Waals surface area contributed by atoms with Gasteiger partial charge in [-0.05, 0) is 72.1 Å². The maximum absolute atomic E-state index is 8.51. The van der Waals surface area contributed by atoms with Crippen LogP contribution in [-0.4, -0.2) is 81.6 Å². The molecule has 0 radical (unpaired) electrons. The van der Waals surface area contributed by atoms with Crippen LogP contribution < -0.4 is 0 Å². The van der Waals surface area contributed by atoms with Crippen molar-refractivity contribution in [3.8, 4) is 0 Å². The van der Waals surface area contributed by atoms with Gasteiger partial charge in [-0.3, -0.25) is 0 Å². The molecule has 0 saturated heterocycles. The van der Waals surface area contributed by atoms with Gasteiger partial charge in [0.15, 0.2) is 25.7 Å². The smallest absolute Gasteiger partial charge is 0.184 e. The molecule has 0 atom stereocenters. The van der Waals surface area contributed by atoms with E-state index in [0.717, 1.165) is 19.1 Å². The van der Waals surface area contributed by atoms with E-state index in [1.807, 2.05) is 0 Å². The first-order chi connectivity index (χ1) is 13.3. The fourth-order valence-corrected chi connectivity index (χ4v) is 10.4. The summed E-state index contributed by atoms with van der Waals surface area (Å²) in [7, 11) is -3.51. The summed E-state index contributed by atoms with van der Waals surface area (Å²) in [6, 6.07) is 1.16. The molecule has 0 aromatic carbocycles. The Bertz CT molecular complexity index is 348. The van der Waals surface area contributed by atoms with E-state index in [9.17, 15) is 0 Å². The third-order valence-electron chi connectivity index (χ3n) is 2.92. The largest absolute Gasteiger partial charge is 0.458 e. The van der Waals surface area contributed by atoms with Gasteiger partial charge >= 0.3 is 0 Å². The topological polar surface area (TPSA) is 77.4 Å². The number of hydrogen-bond acceptors (Lipinski definition) is 6. The number of hydrogen-bond donors (Lipinski definition) is 2. The number of ether oxygens (including phenoxy) is 2. The lowest BCUT2D eigenvalue weighted by molar-refractivity contribution is 0.0924. The molecule has 0 aromatic rings. The van der Waals surface area contributed by atoms with Crippen molar-refractivity contribution < 1.29 is 28.2 Å². The Balaban J connectivity index is -0.000000181. The zero-order valence-corrected chi connectivity index (χ0v) is 23.8. The Morgan fingerprint density at radius 1 is 0.933 bits per heavy atom. The van der Waals surface area contributed by atoms with E-state index in [-0.39, 0.29) is 20.6 Å². The molecule has 0 fully saturated rings. The maximum Gasteiger partial charge on any atom is 0.184 e. The first kappa shape index (κ1) is 37.5. The van der Waals surface area contributed by atoms with E-state index in [1.165, 1.54) is 0 Å². The molecule has 0 rings (SSSR count). The minimum atomic E-state index is -1.41. The molecule has 2 N–H and O–H groups in total. The zero-order chi connectivity index (χ0) is 23.3. The average molecular weight is 487 g/mol. The van der Waals surface area contributed by atoms with Gasteiger partial charge in [-0.25, -0.2) is 0 Å². The van der Waals surface area contributed by atoms with Gasteiger partial charge in [0.25, 0.3) is 0 Å². The van der Waals surface area contributed by atoms with Gasteiger partial charge in [-0.1, -0.05) is 13.5 Å². The molecular formula is C21H54O6Si3. The van der Waals surface area contributed by atoms with Crippen LogP contribution >= 0.6 is 0 Å². The van der Waals surface area contributed by atoms with Crippen molar-refractivity contribution in [2.24, 2.45) is 0 Å². The first-order valence-electron chi connectivity index (χ1n) is 10.6. The minimum Gasteiger partial charge on any atom is -0.458 e. The van der Waals surface area contributed by atoms with Gasteiger partial charge in [0, 0.05) is 12.7 Å². The molecule has 30 heavy (non-hydrogen) atoms. The van der Waals surface area contributed by atoms with Gasteiger partial charge in [-0.15, -0.1) is 6.58 Å². The molecule has 0 spiro atoms. The summed E-state index contributed by atoms with van der Waals surface area (Å²) in [4.78, 5) is 0. The van der Waals surface area contributed by atoms with Crippen molar-refractivity contribution >= 4 is 25.7 Å². The number of aliphatic hydroxyl groups is 2. The molecule has 0 amide bonds. The zero-order valence-electron chi connectivity index (χ0n) is 20.6. The lowest BCUT2D eigenvalue weighted by Crippen LogP contribution is -2.35. The second kappa shape index (κ2) is 23.8. The van der Waals surface area contributed by atoms with Crippen LogP contribution in [0.5, 0.6) is 0 Å². The summed E-state index contributed by atoms with van der Waals surface area (Å²) in [5.74, 6) is 0. The normalized spacial score (nSPS) is 11.2. The van der Waals surface area contributed by atoms with Crippen molar-refractivity contribution in [2.75, 3.05) is 39.6 Å². The number of rotatable bonds is 14. The fraction of sp³-hybridized carbons (Fsp3) is 0.905. The Hall–Kier alpha value is 0.151. The Kier molecular flexibility index (Phi) is 29.7. The molecule has 0 saturated carbocycles. The predicted molar refractivity (Wildman–Crippen MR) is 139 cm³/mol. The molecular weight excluding hydrogens is 432 g/mol. The Labute approximate surface area is 192 Å². The molecule has 0 aliphatic heterocycles. The molecule has 0 bridgehead atoms. The van der Waals surface area contributed by atoms with Crippen molar-refractivity contribution in [1.82, 2.24) is 0 Å². The second-order valence-electron chi connectivity index (χ2n) is 8.73. The monoisotopic (exact) mass is 486 g/mol. The molecule has 0 aliphatic carbocycles. The highest BCUT2D eigenvalue weighted by molar-refractivity contribution is 6.77. The van der Waals surface area contributed by atoms with Crippen molar-refractivity contribution in [3.05, 3.63) is 12.7 Å². The first-order valence-corrected chi connectivity index (χ1v) is 20.0. The fourth-order valence-electron chi connectivity index (χ4n) is 2.40. The van der Waals surface area contributed by atoms with E-state index in [4.69, 9.17) is 28.2 Å². The lowest BCUT2D eigenvalue weighted by Gasteiger charge is -2.25. The number of aliphatic hydroxyl groups excluding tert-OH is 2. The van der Waals surface area contributed by atoms with E-state index in [0.29, 0.717) is 25.9 Å². The van der Waals surface area contributed by atoms with Crippen molar-refractivity contribution in [2.45, 2.75) is 85.7 Å². The van der Waals surface area contributed by atoms with E-state index in [2.05, 4.69) is 66.3 Å². The summed E-state index contributed by atoms with van der Waals surface area (Å²) < 4.78 is 21.6. The van der Waals surface area contributed by atoms with E-state index >= 15 is 0 Å². The van der Waals surface area contributed by atoms with Crippen molar-refractivity contribution in [3.63, 3.8) is 0 Å². The third kappa shape index (κ3) is 42.3. The van der Waals surface area contributed by atoms with Crippen LogP contribution in [0.3, 0.4) is 0 Å². The van der Waals surface area contributed by atoms with Crippen LogP contribution in [0, 0.1) is 0 Å². The molecule has 0 heterocycles. The average Bonchev–Trinajstić information content (AvgIpc) is 2.53. The highest BCUT2D eigenvalue weighted by atomic mass is 28.4. The summed E-state index contributed by atoms with van der Waals surface area (Å²) in [6.07, 6.45) is 3.11. The molecule has 0 aromatic heterocycles. The highest BCUT2D eigenvalue weighted by Crippen LogP contribution is 2.14. The van der Waals surface area contributed by atoms with E-state index < -0.39 is 25.7 Å². The Morgan fingerprint density at radius 3 is 1.77 bits per heavy atom. The maximum atomic E-state index is 8.51. The standard InChI is InChI=1S/C9H24O3Si2.C6H16OSi.C5H10O2.CH4/c1-13(2)12-14(3,4)9-5-7-11-8-6-10;1-6(2)7-8(3,4)5;1-2-4-7-5-3-6;/h10,13H,5-9H2,1-4H3;6H,1-5H3;2,6H,1,3-5H2;1H4. The highest BCUT2D eigenvalue weighted by Gasteiger charge is 2.22. The molecule has 9 heteroatoms. The van der Waals surface area contributed by atoms with Gasteiger partial charge in [-0.2, -0.15) is 0 Å². The Morgan fingerprint density at radius 2 is 1.43 bits per heavy atom. The quantitative estimate of drug-likeness (QED) is 0.211.